The smallest absolute Gasteiger partial charge is 0.414 e. The molecule has 0 fully saturated rings. The van der Waals surface area contributed by atoms with Crippen molar-refractivity contribution in [2.45, 2.75) is 33.0 Å². The second-order valence-corrected chi connectivity index (χ2v) is 3.91. The lowest BCUT2D eigenvalue weighted by atomic mass is 10.2. The van der Waals surface area contributed by atoms with Crippen molar-refractivity contribution in [1.82, 2.24) is 0 Å². The lowest BCUT2D eigenvalue weighted by Crippen LogP contribution is -2.19. The number of hydrogen-bond acceptors (Lipinski definition) is 3. The van der Waals surface area contributed by atoms with E-state index in [1.807, 2.05) is 13.8 Å². The Balaban J connectivity index is 2.63. The molecule has 1 atom stereocenters. The predicted molar refractivity (Wildman–Crippen MR) is 67.6 cm³/mol. The molecule has 0 spiro atoms. The summed E-state index contributed by atoms with van der Waals surface area (Å²) in [6, 6.07) is 5.23. The zero-order chi connectivity index (χ0) is 13.5. The van der Waals surface area contributed by atoms with E-state index >= 15 is 0 Å². The molecule has 1 N–H and O–H groups in total. The molecule has 4 nitrogen and oxygen atoms in total. The SMILES string of the molecule is CCCC(F)OC(=O)Nc1cc(OC)ccc1C. The van der Waals surface area contributed by atoms with Gasteiger partial charge in [0.25, 0.3) is 0 Å². The molecule has 0 aliphatic carbocycles. The molecule has 1 unspecified atom stereocenters. The average Bonchev–Trinajstić information content (AvgIpc) is 2.32. The van der Waals surface area contributed by atoms with E-state index in [9.17, 15) is 9.18 Å². The molecule has 0 saturated heterocycles. The predicted octanol–water partition coefficient (Wildman–Crippen LogP) is 3.65. The summed E-state index contributed by atoms with van der Waals surface area (Å²) in [5.74, 6) is 0.612. The van der Waals surface area contributed by atoms with Gasteiger partial charge in [-0.1, -0.05) is 13.0 Å². The third kappa shape index (κ3) is 4.24. The van der Waals surface area contributed by atoms with Gasteiger partial charge in [0.1, 0.15) is 5.75 Å². The largest absolute Gasteiger partial charge is 0.497 e. The molecule has 0 heterocycles. The highest BCUT2D eigenvalue weighted by Gasteiger charge is 2.13. The van der Waals surface area contributed by atoms with Crippen molar-refractivity contribution in [3.8, 4) is 5.75 Å². The van der Waals surface area contributed by atoms with E-state index in [4.69, 9.17) is 4.74 Å². The zero-order valence-corrected chi connectivity index (χ0v) is 10.8. The minimum Gasteiger partial charge on any atom is -0.497 e. The summed E-state index contributed by atoms with van der Waals surface area (Å²) < 4.78 is 22.7. The summed E-state index contributed by atoms with van der Waals surface area (Å²) in [7, 11) is 1.53. The van der Waals surface area contributed by atoms with Gasteiger partial charge in [0.2, 0.25) is 6.36 Å². The van der Waals surface area contributed by atoms with Gasteiger partial charge in [0.05, 0.1) is 12.8 Å². The molecule has 0 saturated carbocycles. The highest BCUT2D eigenvalue weighted by Crippen LogP contribution is 2.22. The molecule has 1 aromatic carbocycles. The fraction of sp³-hybridized carbons (Fsp3) is 0.462. The van der Waals surface area contributed by atoms with E-state index in [2.05, 4.69) is 10.1 Å². The maximum absolute atomic E-state index is 13.1. The first-order chi connectivity index (χ1) is 8.56. The first-order valence-corrected chi connectivity index (χ1v) is 5.83. The van der Waals surface area contributed by atoms with Crippen LogP contribution in [0.25, 0.3) is 0 Å². The number of halogens is 1. The van der Waals surface area contributed by atoms with Crippen molar-refractivity contribution in [3.63, 3.8) is 0 Å². The third-order valence-electron chi connectivity index (χ3n) is 2.43. The molecule has 18 heavy (non-hydrogen) atoms. The molecule has 0 radical (unpaired) electrons. The summed E-state index contributed by atoms with van der Waals surface area (Å²) in [4.78, 5) is 11.4. The first-order valence-electron chi connectivity index (χ1n) is 5.83. The van der Waals surface area contributed by atoms with Gasteiger partial charge in [0.15, 0.2) is 0 Å². The van der Waals surface area contributed by atoms with Gasteiger partial charge >= 0.3 is 6.09 Å². The Labute approximate surface area is 106 Å². The number of nitrogens with one attached hydrogen (secondary N) is 1. The molecule has 1 rings (SSSR count). The fourth-order valence-electron chi connectivity index (χ4n) is 1.40. The van der Waals surface area contributed by atoms with Crippen LogP contribution in [0.5, 0.6) is 5.75 Å². The fourth-order valence-corrected chi connectivity index (χ4v) is 1.40. The molecular formula is C13H18FNO3. The summed E-state index contributed by atoms with van der Waals surface area (Å²) in [5.41, 5.74) is 1.39. The number of benzene rings is 1. The average molecular weight is 255 g/mol. The lowest BCUT2D eigenvalue weighted by Gasteiger charge is -2.12. The van der Waals surface area contributed by atoms with Crippen molar-refractivity contribution >= 4 is 11.8 Å². The Bertz CT molecular complexity index is 409. The molecular weight excluding hydrogens is 237 g/mol. The van der Waals surface area contributed by atoms with Crippen LogP contribution in [0.2, 0.25) is 0 Å². The van der Waals surface area contributed by atoms with Crippen LogP contribution in [-0.2, 0) is 4.74 Å². The van der Waals surface area contributed by atoms with Crippen LogP contribution in [0.1, 0.15) is 25.3 Å². The number of alkyl halides is 1. The highest BCUT2D eigenvalue weighted by molar-refractivity contribution is 5.86. The molecule has 5 heteroatoms. The van der Waals surface area contributed by atoms with E-state index in [1.165, 1.54) is 7.11 Å². The Morgan fingerprint density at radius 2 is 2.22 bits per heavy atom. The number of methoxy groups -OCH3 is 1. The zero-order valence-electron chi connectivity index (χ0n) is 10.8. The highest BCUT2D eigenvalue weighted by atomic mass is 19.1. The standard InChI is InChI=1S/C13H18FNO3/c1-4-5-12(14)18-13(16)15-11-8-10(17-3)7-6-9(11)2/h6-8,12H,4-5H2,1-3H3,(H,15,16). The first kappa shape index (κ1) is 14.3. The minimum absolute atomic E-state index is 0.199. The van der Waals surface area contributed by atoms with E-state index in [0.29, 0.717) is 17.9 Å². The third-order valence-corrected chi connectivity index (χ3v) is 2.43. The van der Waals surface area contributed by atoms with Crippen molar-refractivity contribution in [1.29, 1.82) is 0 Å². The maximum atomic E-state index is 13.1. The van der Waals surface area contributed by atoms with Gasteiger partial charge in [-0.3, -0.25) is 5.32 Å². The van der Waals surface area contributed by atoms with E-state index < -0.39 is 12.5 Å². The Morgan fingerprint density at radius 3 is 2.83 bits per heavy atom. The van der Waals surface area contributed by atoms with Gasteiger partial charge in [-0.2, -0.15) is 0 Å². The van der Waals surface area contributed by atoms with Gasteiger partial charge in [0, 0.05) is 12.5 Å². The van der Waals surface area contributed by atoms with E-state index in [1.54, 1.807) is 18.2 Å². The monoisotopic (exact) mass is 255 g/mol. The number of aryl methyl sites for hydroxylation is 1. The number of amides is 1. The van der Waals surface area contributed by atoms with Crippen molar-refractivity contribution in [2.75, 3.05) is 12.4 Å². The summed E-state index contributed by atoms with van der Waals surface area (Å²) >= 11 is 0. The van der Waals surface area contributed by atoms with Crippen LogP contribution in [0, 0.1) is 6.92 Å². The topological polar surface area (TPSA) is 47.6 Å². The normalized spacial score (nSPS) is 11.8. The summed E-state index contributed by atoms with van der Waals surface area (Å²) in [6.45, 7) is 3.65. The number of hydrogen-bond donors (Lipinski definition) is 1. The van der Waals surface area contributed by atoms with Gasteiger partial charge < -0.3 is 9.47 Å². The molecule has 0 aliphatic rings. The second kappa shape index (κ2) is 6.83. The van der Waals surface area contributed by atoms with Crippen LogP contribution < -0.4 is 10.1 Å². The molecule has 0 bridgehead atoms. The van der Waals surface area contributed by atoms with E-state index in [-0.39, 0.29) is 6.42 Å². The summed E-state index contributed by atoms with van der Waals surface area (Å²) in [5, 5.41) is 2.49. The van der Waals surface area contributed by atoms with Crippen molar-refractivity contribution in [2.24, 2.45) is 0 Å². The Kier molecular flexibility index (Phi) is 5.42. The Morgan fingerprint density at radius 1 is 1.50 bits per heavy atom. The molecule has 100 valence electrons. The van der Waals surface area contributed by atoms with E-state index in [0.717, 1.165) is 5.56 Å². The van der Waals surface area contributed by atoms with Crippen LogP contribution >= 0.6 is 0 Å². The number of carbonyl (C=O) groups is 1. The van der Waals surface area contributed by atoms with Crippen LogP contribution in [0.4, 0.5) is 14.9 Å². The number of rotatable bonds is 5. The van der Waals surface area contributed by atoms with Crippen molar-refractivity contribution in [3.05, 3.63) is 23.8 Å². The number of carbonyl (C=O) groups excluding carboxylic acids is 1. The molecule has 1 amide bonds. The molecule has 0 aliphatic heterocycles. The number of ether oxygens (including phenoxy) is 2. The van der Waals surface area contributed by atoms with Gasteiger partial charge in [-0.25, -0.2) is 9.18 Å². The lowest BCUT2D eigenvalue weighted by molar-refractivity contribution is 0.0159. The quantitative estimate of drug-likeness (QED) is 0.873. The molecule has 0 aromatic heterocycles. The van der Waals surface area contributed by atoms with Crippen LogP contribution in [0.15, 0.2) is 18.2 Å². The van der Waals surface area contributed by atoms with Crippen LogP contribution in [-0.4, -0.2) is 19.6 Å². The Hall–Kier alpha value is -1.78. The minimum atomic E-state index is -1.57. The van der Waals surface area contributed by atoms with Gasteiger partial charge in [-0.15, -0.1) is 0 Å². The molecule has 1 aromatic rings. The van der Waals surface area contributed by atoms with Crippen LogP contribution in [0.3, 0.4) is 0 Å². The summed E-state index contributed by atoms with van der Waals surface area (Å²) in [6.07, 6.45) is -1.55. The van der Waals surface area contributed by atoms with Crippen molar-refractivity contribution < 1.29 is 18.7 Å². The maximum Gasteiger partial charge on any atom is 0.414 e. The van der Waals surface area contributed by atoms with Gasteiger partial charge in [-0.05, 0) is 25.0 Å². The second-order valence-electron chi connectivity index (χ2n) is 3.91. The number of anilines is 1.